The first-order chi connectivity index (χ1) is 10.00. The van der Waals surface area contributed by atoms with Crippen molar-refractivity contribution >= 4 is 11.6 Å². The summed E-state index contributed by atoms with van der Waals surface area (Å²) in [5, 5.41) is 2.89. The van der Waals surface area contributed by atoms with Gasteiger partial charge in [0.2, 0.25) is 5.91 Å². The van der Waals surface area contributed by atoms with E-state index in [-0.39, 0.29) is 5.91 Å². The van der Waals surface area contributed by atoms with Crippen molar-refractivity contribution in [2.45, 2.75) is 25.3 Å². The molecular weight excluding hydrogens is 272 g/mol. The summed E-state index contributed by atoms with van der Waals surface area (Å²) in [6.45, 7) is 2.91. The Labute approximate surface area is 124 Å². The van der Waals surface area contributed by atoms with Crippen molar-refractivity contribution in [1.29, 1.82) is 0 Å². The highest BCUT2D eigenvalue weighted by Crippen LogP contribution is 2.33. The molecule has 0 aromatic heterocycles. The first kappa shape index (κ1) is 15.6. The summed E-state index contributed by atoms with van der Waals surface area (Å²) < 4.78 is 15.8. The summed E-state index contributed by atoms with van der Waals surface area (Å²) >= 11 is 0. The number of methoxy groups -OCH3 is 2. The molecule has 1 aromatic carbocycles. The van der Waals surface area contributed by atoms with Crippen molar-refractivity contribution in [1.82, 2.24) is 0 Å². The van der Waals surface area contributed by atoms with E-state index in [1.807, 2.05) is 13.0 Å². The summed E-state index contributed by atoms with van der Waals surface area (Å²) in [5.74, 6) is 0.999. The minimum absolute atomic E-state index is 0.193. The second-order valence-corrected chi connectivity index (χ2v) is 5.24. The Kier molecular flexibility index (Phi) is 4.69. The van der Waals surface area contributed by atoms with Crippen molar-refractivity contribution in [2.24, 2.45) is 5.73 Å². The molecule has 116 valence electrons. The zero-order valence-corrected chi connectivity index (χ0v) is 12.7. The highest BCUT2D eigenvalue weighted by molar-refractivity contribution is 5.98. The molecular formula is C15H22N2O4. The van der Waals surface area contributed by atoms with Gasteiger partial charge >= 0.3 is 0 Å². The van der Waals surface area contributed by atoms with Crippen LogP contribution in [0, 0.1) is 6.92 Å². The lowest BCUT2D eigenvalue weighted by Gasteiger charge is -2.32. The SMILES string of the molecule is COc1cc(C)c(NC(=O)C2(N)CCOCC2)cc1OC. The van der Waals surface area contributed by atoms with Crippen LogP contribution in [0.3, 0.4) is 0 Å². The lowest BCUT2D eigenvalue weighted by molar-refractivity contribution is -0.124. The first-order valence-electron chi connectivity index (χ1n) is 6.91. The zero-order valence-electron chi connectivity index (χ0n) is 12.7. The monoisotopic (exact) mass is 294 g/mol. The number of amides is 1. The molecule has 6 heteroatoms. The van der Waals surface area contributed by atoms with Gasteiger partial charge in [-0.15, -0.1) is 0 Å². The highest BCUT2D eigenvalue weighted by atomic mass is 16.5. The summed E-state index contributed by atoms with van der Waals surface area (Å²) in [7, 11) is 3.13. The third-order valence-corrected chi connectivity index (χ3v) is 3.82. The van der Waals surface area contributed by atoms with Gasteiger partial charge in [-0.2, -0.15) is 0 Å². The van der Waals surface area contributed by atoms with Crippen LogP contribution in [0.25, 0.3) is 0 Å². The van der Waals surface area contributed by atoms with Crippen LogP contribution in [0.2, 0.25) is 0 Å². The molecule has 0 aliphatic carbocycles. The van der Waals surface area contributed by atoms with E-state index < -0.39 is 5.54 Å². The molecule has 0 saturated carbocycles. The standard InChI is InChI=1S/C15H22N2O4/c1-10-8-12(19-2)13(20-3)9-11(10)17-14(18)15(16)4-6-21-7-5-15/h8-9H,4-7,16H2,1-3H3,(H,17,18). The average Bonchev–Trinajstić information content (AvgIpc) is 2.49. The normalized spacial score (nSPS) is 17.1. The Morgan fingerprint density at radius 1 is 1.24 bits per heavy atom. The number of carbonyl (C=O) groups is 1. The number of hydrogen-bond acceptors (Lipinski definition) is 5. The maximum absolute atomic E-state index is 12.4. The van der Waals surface area contributed by atoms with Crippen LogP contribution in [-0.2, 0) is 9.53 Å². The number of ether oxygens (including phenoxy) is 3. The van der Waals surface area contributed by atoms with E-state index in [0.717, 1.165) is 5.56 Å². The van der Waals surface area contributed by atoms with Gasteiger partial charge in [0.1, 0.15) is 5.54 Å². The van der Waals surface area contributed by atoms with Crippen LogP contribution in [0.15, 0.2) is 12.1 Å². The summed E-state index contributed by atoms with van der Waals surface area (Å²) in [6.07, 6.45) is 1.04. The molecule has 0 atom stereocenters. The number of aryl methyl sites for hydroxylation is 1. The van der Waals surface area contributed by atoms with Crippen LogP contribution in [0.1, 0.15) is 18.4 Å². The molecule has 3 N–H and O–H groups in total. The van der Waals surface area contributed by atoms with Gasteiger partial charge in [0, 0.05) is 25.0 Å². The van der Waals surface area contributed by atoms with Crippen LogP contribution in [-0.4, -0.2) is 38.9 Å². The molecule has 1 aliphatic heterocycles. The maximum Gasteiger partial charge on any atom is 0.244 e. The van der Waals surface area contributed by atoms with Gasteiger partial charge < -0.3 is 25.3 Å². The Bertz CT molecular complexity index is 525. The third-order valence-electron chi connectivity index (χ3n) is 3.82. The fourth-order valence-electron chi connectivity index (χ4n) is 2.32. The van der Waals surface area contributed by atoms with Gasteiger partial charge in [-0.1, -0.05) is 0 Å². The molecule has 21 heavy (non-hydrogen) atoms. The summed E-state index contributed by atoms with van der Waals surface area (Å²) in [4.78, 5) is 12.4. The minimum Gasteiger partial charge on any atom is -0.493 e. The average molecular weight is 294 g/mol. The van der Waals surface area contributed by atoms with Gasteiger partial charge in [-0.3, -0.25) is 4.79 Å². The van der Waals surface area contributed by atoms with Crippen molar-refractivity contribution in [2.75, 3.05) is 32.8 Å². The lowest BCUT2D eigenvalue weighted by atomic mass is 9.90. The van der Waals surface area contributed by atoms with E-state index in [0.29, 0.717) is 43.2 Å². The van der Waals surface area contributed by atoms with E-state index in [1.54, 1.807) is 20.3 Å². The van der Waals surface area contributed by atoms with Gasteiger partial charge in [-0.25, -0.2) is 0 Å². The van der Waals surface area contributed by atoms with Crippen molar-refractivity contribution in [3.05, 3.63) is 17.7 Å². The quantitative estimate of drug-likeness (QED) is 0.878. The van der Waals surface area contributed by atoms with Gasteiger partial charge in [-0.05, 0) is 31.4 Å². The van der Waals surface area contributed by atoms with E-state index in [2.05, 4.69) is 5.32 Å². The largest absolute Gasteiger partial charge is 0.493 e. The topological polar surface area (TPSA) is 82.8 Å². The van der Waals surface area contributed by atoms with Crippen molar-refractivity contribution in [3.8, 4) is 11.5 Å². The zero-order chi connectivity index (χ0) is 15.5. The second-order valence-electron chi connectivity index (χ2n) is 5.24. The van der Waals surface area contributed by atoms with Crippen LogP contribution in [0.5, 0.6) is 11.5 Å². The Morgan fingerprint density at radius 2 is 1.81 bits per heavy atom. The number of hydrogen-bond donors (Lipinski definition) is 2. The van der Waals surface area contributed by atoms with E-state index in [4.69, 9.17) is 19.9 Å². The molecule has 2 rings (SSSR count). The summed E-state index contributed by atoms with van der Waals surface area (Å²) in [6, 6.07) is 3.57. The molecule has 1 amide bonds. The highest BCUT2D eigenvalue weighted by Gasteiger charge is 2.36. The Balaban J connectivity index is 2.20. The molecule has 1 heterocycles. The van der Waals surface area contributed by atoms with Crippen molar-refractivity contribution < 1.29 is 19.0 Å². The number of carbonyl (C=O) groups excluding carboxylic acids is 1. The molecule has 1 fully saturated rings. The van der Waals surface area contributed by atoms with Crippen LogP contribution in [0.4, 0.5) is 5.69 Å². The van der Waals surface area contributed by atoms with Gasteiger partial charge in [0.05, 0.1) is 14.2 Å². The molecule has 0 radical (unpaired) electrons. The predicted octanol–water partition coefficient (Wildman–Crippen LogP) is 1.46. The molecule has 1 aromatic rings. The van der Waals surface area contributed by atoms with Crippen LogP contribution >= 0.6 is 0 Å². The molecule has 1 aliphatic rings. The maximum atomic E-state index is 12.4. The smallest absolute Gasteiger partial charge is 0.244 e. The van der Waals surface area contributed by atoms with E-state index >= 15 is 0 Å². The van der Waals surface area contributed by atoms with E-state index in [9.17, 15) is 4.79 Å². The Morgan fingerprint density at radius 3 is 2.38 bits per heavy atom. The number of rotatable bonds is 4. The number of benzene rings is 1. The Hall–Kier alpha value is -1.79. The fraction of sp³-hybridized carbons (Fsp3) is 0.533. The minimum atomic E-state index is -0.877. The van der Waals surface area contributed by atoms with Crippen molar-refractivity contribution in [3.63, 3.8) is 0 Å². The third kappa shape index (κ3) is 3.28. The molecule has 6 nitrogen and oxygen atoms in total. The second kappa shape index (κ2) is 6.32. The molecule has 1 saturated heterocycles. The molecule has 0 spiro atoms. The first-order valence-corrected chi connectivity index (χ1v) is 6.91. The number of nitrogens with two attached hydrogens (primary N) is 1. The van der Waals surface area contributed by atoms with Crippen LogP contribution < -0.4 is 20.5 Å². The predicted molar refractivity (Wildman–Crippen MR) is 79.9 cm³/mol. The molecule has 0 unspecified atom stereocenters. The number of anilines is 1. The van der Waals surface area contributed by atoms with Gasteiger partial charge in [0.15, 0.2) is 11.5 Å². The molecule has 0 bridgehead atoms. The summed E-state index contributed by atoms with van der Waals surface area (Å²) in [5.41, 5.74) is 6.86. The van der Waals surface area contributed by atoms with E-state index in [1.165, 1.54) is 0 Å². The lowest BCUT2D eigenvalue weighted by Crippen LogP contribution is -2.54. The number of nitrogens with one attached hydrogen (secondary N) is 1. The fourth-order valence-corrected chi connectivity index (χ4v) is 2.32. The van der Waals surface area contributed by atoms with Gasteiger partial charge in [0.25, 0.3) is 0 Å².